The van der Waals surface area contributed by atoms with Crippen LogP contribution in [-0.2, 0) is 33.1 Å². The maximum atomic E-state index is 14.0. The van der Waals surface area contributed by atoms with Crippen molar-refractivity contribution >= 4 is 29.1 Å². The lowest BCUT2D eigenvalue weighted by atomic mass is 9.99. The van der Waals surface area contributed by atoms with Crippen LogP contribution in [-0.4, -0.2) is 31.4 Å². The van der Waals surface area contributed by atoms with Gasteiger partial charge in [-0.2, -0.15) is 0 Å². The van der Waals surface area contributed by atoms with Crippen molar-refractivity contribution in [2.24, 2.45) is 5.73 Å². The van der Waals surface area contributed by atoms with Crippen molar-refractivity contribution in [2.45, 2.75) is 25.7 Å². The monoisotopic (exact) mass is 581 g/mol. The number of rotatable bonds is 13. The highest BCUT2D eigenvalue weighted by molar-refractivity contribution is 5.95. The number of methoxy groups -OCH3 is 1. The molecule has 4 rings (SSSR count). The van der Waals surface area contributed by atoms with Crippen molar-refractivity contribution in [3.05, 3.63) is 119 Å². The molecule has 0 saturated heterocycles. The van der Waals surface area contributed by atoms with Gasteiger partial charge < -0.3 is 36.3 Å². The quantitative estimate of drug-likeness (QED) is 0.0512. The molecule has 222 valence electrons. The molecule has 10 heteroatoms. The Morgan fingerprint density at radius 3 is 2.21 bits per heavy atom. The Hall–Kier alpha value is -5.51. The number of benzene rings is 4. The van der Waals surface area contributed by atoms with Crippen LogP contribution in [0.2, 0.25) is 0 Å². The normalized spacial score (nSPS) is 12.0. The molecule has 4 aromatic carbocycles. The minimum atomic E-state index is -1.99. The van der Waals surface area contributed by atoms with Crippen molar-refractivity contribution < 1.29 is 23.8 Å². The van der Waals surface area contributed by atoms with Crippen molar-refractivity contribution in [3.8, 4) is 11.5 Å². The summed E-state index contributed by atoms with van der Waals surface area (Å²) in [6, 6.07) is 28.5. The first kappa shape index (κ1) is 30.4. The fourth-order valence-corrected chi connectivity index (χ4v) is 4.41. The van der Waals surface area contributed by atoms with E-state index in [0.29, 0.717) is 47.0 Å². The van der Waals surface area contributed by atoms with Gasteiger partial charge in [-0.3, -0.25) is 15.0 Å². The first-order valence-electron chi connectivity index (χ1n) is 13.6. The largest absolute Gasteiger partial charge is 0.493 e. The second-order valence-electron chi connectivity index (χ2n) is 9.78. The van der Waals surface area contributed by atoms with Gasteiger partial charge in [0.15, 0.2) is 11.5 Å². The van der Waals surface area contributed by atoms with E-state index in [2.05, 4.69) is 10.6 Å². The van der Waals surface area contributed by atoms with Crippen LogP contribution in [0.3, 0.4) is 0 Å². The third-order valence-electron chi connectivity index (χ3n) is 6.62. The lowest BCUT2D eigenvalue weighted by Crippen LogP contribution is -2.53. The maximum Gasteiger partial charge on any atom is 0.305 e. The predicted octanol–water partition coefficient (Wildman–Crippen LogP) is 4.33. The lowest BCUT2D eigenvalue weighted by Gasteiger charge is -2.34. The topological polar surface area (TPSA) is 162 Å². The number of amides is 1. The molecule has 0 saturated carbocycles. The number of esters is 1. The molecule has 0 aliphatic carbocycles. The summed E-state index contributed by atoms with van der Waals surface area (Å²) in [7, 11) is 1.49. The molecular weight excluding hydrogens is 546 g/mol. The first-order chi connectivity index (χ1) is 20.7. The van der Waals surface area contributed by atoms with Gasteiger partial charge in [0.05, 0.1) is 7.11 Å². The standard InChI is InChI=1S/C33H35N5O5/c1-22(39)43-33(38-28-15-10-25(11-16-28)31(35)36,32(40)37-19-18-23-8-13-27(34)14-9-23)26-12-17-29(30(20-26)41-2)42-21-24-6-4-3-5-7-24/h3-17,20,38H,18-19,21,34H2,1-2H3,(H3,35,36)(H,37,40)/t33-/m0/s1. The second-order valence-corrected chi connectivity index (χ2v) is 9.78. The molecule has 0 aromatic heterocycles. The number of anilines is 2. The van der Waals surface area contributed by atoms with E-state index in [4.69, 9.17) is 31.1 Å². The minimum Gasteiger partial charge on any atom is -0.493 e. The van der Waals surface area contributed by atoms with Gasteiger partial charge in [0.25, 0.3) is 11.6 Å². The Morgan fingerprint density at radius 1 is 0.884 bits per heavy atom. The van der Waals surface area contributed by atoms with Gasteiger partial charge >= 0.3 is 5.97 Å². The van der Waals surface area contributed by atoms with Gasteiger partial charge in [0.1, 0.15) is 12.4 Å². The molecule has 0 radical (unpaired) electrons. The Morgan fingerprint density at radius 2 is 1.58 bits per heavy atom. The van der Waals surface area contributed by atoms with Gasteiger partial charge in [-0.15, -0.1) is 0 Å². The van der Waals surface area contributed by atoms with Crippen LogP contribution in [0.5, 0.6) is 11.5 Å². The first-order valence-corrected chi connectivity index (χ1v) is 13.6. The van der Waals surface area contributed by atoms with Crippen LogP contribution >= 0.6 is 0 Å². The zero-order chi connectivity index (χ0) is 30.8. The molecule has 0 fully saturated rings. The molecule has 10 nitrogen and oxygen atoms in total. The van der Waals surface area contributed by atoms with Crippen LogP contribution in [0.4, 0.5) is 11.4 Å². The number of hydrogen-bond donors (Lipinski definition) is 5. The molecule has 0 spiro atoms. The molecule has 0 aliphatic rings. The summed E-state index contributed by atoms with van der Waals surface area (Å²) in [5.74, 6) is -0.609. The number of nitrogens with two attached hydrogens (primary N) is 2. The summed E-state index contributed by atoms with van der Waals surface area (Å²) in [5, 5.41) is 13.7. The lowest BCUT2D eigenvalue weighted by molar-refractivity contribution is -0.165. The smallest absolute Gasteiger partial charge is 0.305 e. The SMILES string of the molecule is COc1cc([C@](Nc2ccc(C(=N)N)cc2)(OC(C)=O)C(=O)NCCc2ccc(N)cc2)ccc1OCc1ccccc1. The molecule has 43 heavy (non-hydrogen) atoms. The number of nitrogen functional groups attached to an aromatic ring is 2. The number of hydrogen-bond acceptors (Lipinski definition) is 8. The summed E-state index contributed by atoms with van der Waals surface area (Å²) >= 11 is 0. The Bertz CT molecular complexity index is 1560. The molecule has 0 bridgehead atoms. The average Bonchev–Trinajstić information content (AvgIpc) is 3.01. The zero-order valence-electron chi connectivity index (χ0n) is 24.1. The molecule has 0 unspecified atom stereocenters. The molecule has 7 N–H and O–H groups in total. The highest BCUT2D eigenvalue weighted by atomic mass is 16.6. The van der Waals surface area contributed by atoms with E-state index in [1.54, 1.807) is 54.6 Å². The zero-order valence-corrected chi connectivity index (χ0v) is 24.1. The summed E-state index contributed by atoms with van der Waals surface area (Å²) in [6.07, 6.45) is 0.519. The van der Waals surface area contributed by atoms with E-state index >= 15 is 0 Å². The van der Waals surface area contributed by atoms with Gasteiger partial charge in [0.2, 0.25) is 0 Å². The van der Waals surface area contributed by atoms with E-state index in [1.807, 2.05) is 42.5 Å². The van der Waals surface area contributed by atoms with Crippen LogP contribution < -0.4 is 31.6 Å². The summed E-state index contributed by atoms with van der Waals surface area (Å²) in [6.45, 7) is 1.79. The van der Waals surface area contributed by atoms with E-state index in [1.165, 1.54) is 14.0 Å². The van der Waals surface area contributed by atoms with E-state index in [9.17, 15) is 9.59 Å². The third kappa shape index (κ3) is 7.82. The summed E-state index contributed by atoms with van der Waals surface area (Å²) < 4.78 is 17.4. The highest BCUT2D eigenvalue weighted by Crippen LogP contribution is 2.36. The van der Waals surface area contributed by atoms with Gasteiger partial charge in [0, 0.05) is 36.0 Å². The van der Waals surface area contributed by atoms with Crippen LogP contribution in [0.1, 0.15) is 29.2 Å². The molecule has 0 aliphatic heterocycles. The predicted molar refractivity (Wildman–Crippen MR) is 166 cm³/mol. The van der Waals surface area contributed by atoms with Gasteiger partial charge in [-0.1, -0.05) is 42.5 Å². The van der Waals surface area contributed by atoms with Crippen LogP contribution in [0.25, 0.3) is 0 Å². The Balaban J connectivity index is 1.69. The molecule has 1 atom stereocenters. The average molecular weight is 582 g/mol. The fourth-order valence-electron chi connectivity index (χ4n) is 4.41. The minimum absolute atomic E-state index is 0.103. The number of carbonyl (C=O) groups is 2. The number of nitrogens with one attached hydrogen (secondary N) is 3. The van der Waals surface area contributed by atoms with Crippen molar-refractivity contribution in [2.75, 3.05) is 24.7 Å². The molecular formula is C33H35N5O5. The number of carbonyl (C=O) groups excluding carboxylic acids is 2. The molecule has 0 heterocycles. The maximum absolute atomic E-state index is 14.0. The van der Waals surface area contributed by atoms with Gasteiger partial charge in [-0.25, -0.2) is 0 Å². The third-order valence-corrected chi connectivity index (χ3v) is 6.62. The van der Waals surface area contributed by atoms with E-state index in [0.717, 1.165) is 11.1 Å². The highest BCUT2D eigenvalue weighted by Gasteiger charge is 2.45. The van der Waals surface area contributed by atoms with Crippen LogP contribution in [0, 0.1) is 5.41 Å². The Kier molecular flexibility index (Phi) is 9.85. The summed E-state index contributed by atoms with van der Waals surface area (Å²) in [4.78, 5) is 26.5. The Labute approximate surface area is 250 Å². The number of ether oxygens (including phenoxy) is 3. The second kappa shape index (κ2) is 13.9. The molecule has 1 amide bonds. The number of amidine groups is 1. The van der Waals surface area contributed by atoms with Crippen molar-refractivity contribution in [1.29, 1.82) is 5.41 Å². The van der Waals surface area contributed by atoms with E-state index in [-0.39, 0.29) is 12.4 Å². The van der Waals surface area contributed by atoms with Gasteiger partial charge in [-0.05, 0) is 72.1 Å². The van der Waals surface area contributed by atoms with Crippen LogP contribution in [0.15, 0.2) is 97.1 Å². The fraction of sp³-hybridized carbons (Fsp3) is 0.182. The van der Waals surface area contributed by atoms with Crippen molar-refractivity contribution in [3.63, 3.8) is 0 Å². The molecule has 4 aromatic rings. The van der Waals surface area contributed by atoms with E-state index < -0.39 is 17.6 Å². The van der Waals surface area contributed by atoms with Crippen molar-refractivity contribution in [1.82, 2.24) is 5.32 Å². The summed E-state index contributed by atoms with van der Waals surface area (Å²) in [5.41, 5.74) is 13.2.